The fourth-order valence-corrected chi connectivity index (χ4v) is 2.31. The molecule has 1 unspecified atom stereocenters. The zero-order chi connectivity index (χ0) is 8.10. The maximum Gasteiger partial charge on any atom is -0.0388 e. The van der Waals surface area contributed by atoms with E-state index in [1.807, 2.05) is 0 Å². The van der Waals surface area contributed by atoms with E-state index in [0.717, 1.165) is 11.8 Å². The molecule has 0 aromatic rings. The standard InChI is InChI=1S/C11H22/c1-3-4-5-8-11-9-6-7-10(11)2/h10-11H,3-9H2,1-2H3/t10-,11?/m1/s1. The molecule has 11 heavy (non-hydrogen) atoms. The van der Waals surface area contributed by atoms with E-state index < -0.39 is 0 Å². The molecular weight excluding hydrogens is 132 g/mol. The molecule has 1 fully saturated rings. The van der Waals surface area contributed by atoms with Crippen molar-refractivity contribution in [2.24, 2.45) is 11.8 Å². The van der Waals surface area contributed by atoms with Crippen LogP contribution in [0.3, 0.4) is 0 Å². The highest BCUT2D eigenvalue weighted by Crippen LogP contribution is 2.34. The highest BCUT2D eigenvalue weighted by molar-refractivity contribution is 4.73. The van der Waals surface area contributed by atoms with E-state index in [0.29, 0.717) is 0 Å². The van der Waals surface area contributed by atoms with Crippen molar-refractivity contribution < 1.29 is 0 Å². The Morgan fingerprint density at radius 2 is 2.00 bits per heavy atom. The Hall–Kier alpha value is 0. The van der Waals surface area contributed by atoms with Gasteiger partial charge in [-0.2, -0.15) is 0 Å². The van der Waals surface area contributed by atoms with Crippen molar-refractivity contribution in [1.29, 1.82) is 0 Å². The lowest BCUT2D eigenvalue weighted by Gasteiger charge is -2.13. The summed E-state index contributed by atoms with van der Waals surface area (Å²) >= 11 is 0. The van der Waals surface area contributed by atoms with Gasteiger partial charge < -0.3 is 0 Å². The predicted molar refractivity (Wildman–Crippen MR) is 50.6 cm³/mol. The van der Waals surface area contributed by atoms with Crippen LogP contribution in [0.4, 0.5) is 0 Å². The van der Waals surface area contributed by atoms with Gasteiger partial charge in [-0.1, -0.05) is 58.8 Å². The van der Waals surface area contributed by atoms with E-state index in [1.165, 1.54) is 44.9 Å². The molecule has 1 rings (SSSR count). The number of rotatable bonds is 4. The second-order valence-electron chi connectivity index (χ2n) is 4.16. The molecule has 1 aliphatic carbocycles. The molecule has 2 atom stereocenters. The van der Waals surface area contributed by atoms with Crippen LogP contribution in [0.15, 0.2) is 0 Å². The van der Waals surface area contributed by atoms with E-state index in [9.17, 15) is 0 Å². The molecule has 0 amide bonds. The first-order chi connectivity index (χ1) is 5.34. The summed E-state index contributed by atoms with van der Waals surface area (Å²) in [7, 11) is 0. The first-order valence-electron chi connectivity index (χ1n) is 5.34. The second-order valence-corrected chi connectivity index (χ2v) is 4.16. The largest absolute Gasteiger partial charge is 0.0654 e. The van der Waals surface area contributed by atoms with E-state index in [4.69, 9.17) is 0 Å². The molecule has 0 heteroatoms. The molecule has 0 aliphatic heterocycles. The van der Waals surface area contributed by atoms with Crippen LogP contribution in [0.1, 0.15) is 58.8 Å². The predicted octanol–water partition coefficient (Wildman–Crippen LogP) is 4.00. The summed E-state index contributed by atoms with van der Waals surface area (Å²) in [5.41, 5.74) is 0. The van der Waals surface area contributed by atoms with E-state index in [-0.39, 0.29) is 0 Å². The number of unbranched alkanes of at least 4 members (excludes halogenated alkanes) is 2. The first kappa shape index (κ1) is 9.09. The third-order valence-corrected chi connectivity index (χ3v) is 3.22. The van der Waals surface area contributed by atoms with Crippen LogP contribution in [0, 0.1) is 11.8 Å². The van der Waals surface area contributed by atoms with Gasteiger partial charge in [-0.05, 0) is 11.8 Å². The molecule has 0 heterocycles. The summed E-state index contributed by atoms with van der Waals surface area (Å²) < 4.78 is 0. The first-order valence-corrected chi connectivity index (χ1v) is 5.34. The lowest BCUT2D eigenvalue weighted by Crippen LogP contribution is -2.02. The minimum Gasteiger partial charge on any atom is -0.0654 e. The van der Waals surface area contributed by atoms with Gasteiger partial charge in [0.25, 0.3) is 0 Å². The van der Waals surface area contributed by atoms with Crippen LogP contribution in [-0.2, 0) is 0 Å². The zero-order valence-electron chi connectivity index (χ0n) is 8.10. The zero-order valence-corrected chi connectivity index (χ0v) is 8.10. The number of hydrogen-bond donors (Lipinski definition) is 0. The van der Waals surface area contributed by atoms with Gasteiger partial charge >= 0.3 is 0 Å². The van der Waals surface area contributed by atoms with Gasteiger partial charge in [0, 0.05) is 0 Å². The molecule has 66 valence electrons. The van der Waals surface area contributed by atoms with Gasteiger partial charge in [0.1, 0.15) is 0 Å². The summed E-state index contributed by atoms with van der Waals surface area (Å²) in [4.78, 5) is 0. The summed E-state index contributed by atoms with van der Waals surface area (Å²) in [6, 6.07) is 0. The molecule has 0 N–H and O–H groups in total. The van der Waals surface area contributed by atoms with Crippen LogP contribution in [-0.4, -0.2) is 0 Å². The van der Waals surface area contributed by atoms with Gasteiger partial charge in [0.2, 0.25) is 0 Å². The SMILES string of the molecule is CCCCCC1CCC[C@H]1C. The van der Waals surface area contributed by atoms with E-state index in [1.54, 1.807) is 0 Å². The van der Waals surface area contributed by atoms with Crippen LogP contribution >= 0.6 is 0 Å². The number of hydrogen-bond acceptors (Lipinski definition) is 0. The van der Waals surface area contributed by atoms with Gasteiger partial charge in [-0.3, -0.25) is 0 Å². The minimum absolute atomic E-state index is 1.03. The second kappa shape index (κ2) is 4.79. The third kappa shape index (κ3) is 2.84. The van der Waals surface area contributed by atoms with Crippen molar-refractivity contribution >= 4 is 0 Å². The maximum atomic E-state index is 2.43. The van der Waals surface area contributed by atoms with Gasteiger partial charge in [-0.15, -0.1) is 0 Å². The molecule has 0 radical (unpaired) electrons. The molecule has 0 aromatic heterocycles. The summed E-state index contributed by atoms with van der Waals surface area (Å²) in [6.45, 7) is 4.72. The third-order valence-electron chi connectivity index (χ3n) is 3.22. The molecular formula is C11H22. The monoisotopic (exact) mass is 154 g/mol. The average molecular weight is 154 g/mol. The van der Waals surface area contributed by atoms with Crippen LogP contribution < -0.4 is 0 Å². The lowest BCUT2D eigenvalue weighted by molar-refractivity contribution is 0.376. The van der Waals surface area contributed by atoms with Crippen molar-refractivity contribution in [3.05, 3.63) is 0 Å². The minimum atomic E-state index is 1.03. The van der Waals surface area contributed by atoms with Crippen molar-refractivity contribution in [2.45, 2.75) is 58.8 Å². The van der Waals surface area contributed by atoms with Crippen LogP contribution in [0.5, 0.6) is 0 Å². The molecule has 0 bridgehead atoms. The summed E-state index contributed by atoms with van der Waals surface area (Å²) in [5.74, 6) is 2.12. The van der Waals surface area contributed by atoms with Gasteiger partial charge in [0.15, 0.2) is 0 Å². The highest BCUT2D eigenvalue weighted by Gasteiger charge is 2.21. The van der Waals surface area contributed by atoms with Crippen LogP contribution in [0.2, 0.25) is 0 Å². The van der Waals surface area contributed by atoms with Crippen molar-refractivity contribution in [3.63, 3.8) is 0 Å². The Morgan fingerprint density at radius 1 is 1.18 bits per heavy atom. The molecule has 1 aliphatic rings. The Bertz CT molecular complexity index is 96.2. The van der Waals surface area contributed by atoms with Crippen molar-refractivity contribution in [3.8, 4) is 0 Å². The van der Waals surface area contributed by atoms with Gasteiger partial charge in [0.05, 0.1) is 0 Å². The Balaban J connectivity index is 2.05. The Morgan fingerprint density at radius 3 is 2.55 bits per heavy atom. The topological polar surface area (TPSA) is 0 Å². The molecule has 0 saturated heterocycles. The average Bonchev–Trinajstić information content (AvgIpc) is 2.37. The van der Waals surface area contributed by atoms with Crippen molar-refractivity contribution in [1.82, 2.24) is 0 Å². The fraction of sp³-hybridized carbons (Fsp3) is 1.00. The van der Waals surface area contributed by atoms with E-state index >= 15 is 0 Å². The van der Waals surface area contributed by atoms with E-state index in [2.05, 4.69) is 13.8 Å². The summed E-state index contributed by atoms with van der Waals surface area (Å²) in [6.07, 6.45) is 10.3. The maximum absolute atomic E-state index is 2.43. The van der Waals surface area contributed by atoms with Crippen LogP contribution in [0.25, 0.3) is 0 Å². The molecule has 1 saturated carbocycles. The van der Waals surface area contributed by atoms with Gasteiger partial charge in [-0.25, -0.2) is 0 Å². The molecule has 0 spiro atoms. The summed E-state index contributed by atoms with van der Waals surface area (Å²) in [5, 5.41) is 0. The lowest BCUT2D eigenvalue weighted by atomic mass is 9.92. The van der Waals surface area contributed by atoms with Crippen molar-refractivity contribution in [2.75, 3.05) is 0 Å². The Kier molecular flexibility index (Phi) is 3.96. The quantitative estimate of drug-likeness (QED) is 0.537. The fourth-order valence-electron chi connectivity index (χ4n) is 2.31. The molecule has 0 aromatic carbocycles. The highest BCUT2D eigenvalue weighted by atomic mass is 14.3. The molecule has 0 nitrogen and oxygen atoms in total. The normalized spacial score (nSPS) is 31.1. The smallest absolute Gasteiger partial charge is 0.0388 e. The Labute approximate surface area is 71.4 Å².